The van der Waals surface area contributed by atoms with Crippen LogP contribution in [-0.4, -0.2) is 0 Å². The van der Waals surface area contributed by atoms with Crippen LogP contribution in [0, 0.1) is 0 Å². The first-order valence-corrected chi connectivity index (χ1v) is 27.1. The van der Waals surface area contributed by atoms with E-state index in [-0.39, 0.29) is 10.8 Å². The summed E-state index contributed by atoms with van der Waals surface area (Å²) in [5, 5.41) is 2.47. The van der Waals surface area contributed by atoms with Crippen LogP contribution in [0.3, 0.4) is 0 Å². The number of fused-ring (bicyclic) bond motifs is 7. The van der Waals surface area contributed by atoms with Gasteiger partial charge in [-0.3, -0.25) is 0 Å². The molecule has 1 unspecified atom stereocenters. The van der Waals surface area contributed by atoms with E-state index < -0.39 is 10.8 Å². The molecule has 2 aliphatic carbocycles. The van der Waals surface area contributed by atoms with Gasteiger partial charge in [-0.05, 0) is 136 Å². The fourth-order valence-corrected chi connectivity index (χ4v) is 13.1. The monoisotopic (exact) mass is 977 g/mol. The SMILES string of the molecule is CC(C)(C)c1cc(-c2cccc3cccc(-c4ccccc4N(c4ccc5c(c4)C(C)(c4ccccc4)c4ccccc4-5)c4cccc5c4-c4ccccc4C5(c4ccccc4)c4ccccc4)c23)cc(C(C)(C)C)c1. The number of para-hydroxylation sites is 1. The van der Waals surface area contributed by atoms with Gasteiger partial charge in [0.1, 0.15) is 0 Å². The molecular weight excluding hydrogens is 915 g/mol. The molecule has 2 aliphatic rings. The highest BCUT2D eigenvalue weighted by Crippen LogP contribution is 2.61. The summed E-state index contributed by atoms with van der Waals surface area (Å²) in [7, 11) is 0. The molecule has 0 radical (unpaired) electrons. The van der Waals surface area contributed by atoms with Crippen molar-refractivity contribution in [1.29, 1.82) is 0 Å². The zero-order chi connectivity index (χ0) is 52.0. The minimum absolute atomic E-state index is 0.0302. The number of benzene rings is 11. The lowest BCUT2D eigenvalue weighted by Gasteiger charge is -2.35. The van der Waals surface area contributed by atoms with Gasteiger partial charge < -0.3 is 4.90 Å². The van der Waals surface area contributed by atoms with Crippen LogP contribution in [0.4, 0.5) is 17.1 Å². The smallest absolute Gasteiger partial charge is 0.0714 e. The van der Waals surface area contributed by atoms with Crippen molar-refractivity contribution >= 4 is 27.8 Å². The van der Waals surface area contributed by atoms with E-state index in [4.69, 9.17) is 0 Å². The number of hydrogen-bond donors (Lipinski definition) is 0. The molecule has 0 fully saturated rings. The lowest BCUT2D eigenvalue weighted by molar-refractivity contribution is 0.569. The molecule has 1 nitrogen and oxygen atoms in total. The zero-order valence-corrected chi connectivity index (χ0v) is 44.7. The van der Waals surface area contributed by atoms with Crippen molar-refractivity contribution in [2.24, 2.45) is 0 Å². The Kier molecular flexibility index (Phi) is 11.1. The third kappa shape index (κ3) is 7.27. The lowest BCUT2D eigenvalue weighted by Crippen LogP contribution is -2.28. The maximum atomic E-state index is 2.60. The predicted molar refractivity (Wildman–Crippen MR) is 322 cm³/mol. The molecule has 11 aromatic carbocycles. The standard InChI is InChI=1S/C75H63N/c1-72(2,3)55-46-51(47-56(48-55)73(4,5)6)58-37-23-26-50-27-24-38-62(70(50)58)61-35-19-22-42-68(61)76(57-44-45-60-59-34-17-20-39-64(59)74(7,67(60)49-57)52-28-11-8-12-29-52)69-43-25-41-66-71(69)63-36-18-21-40-65(63)75(66,53-30-13-9-14-31-53)54-32-15-10-16-33-54/h8-49H,1-7H3. The summed E-state index contributed by atoms with van der Waals surface area (Å²) in [5.74, 6) is 0. The molecule has 0 amide bonds. The third-order valence-electron chi connectivity index (χ3n) is 16.9. The zero-order valence-electron chi connectivity index (χ0n) is 44.7. The van der Waals surface area contributed by atoms with Crippen molar-refractivity contribution in [2.75, 3.05) is 4.90 Å². The summed E-state index contributed by atoms with van der Waals surface area (Å²) < 4.78 is 0. The van der Waals surface area contributed by atoms with E-state index in [1.54, 1.807) is 0 Å². The molecule has 0 N–H and O–H groups in total. The largest absolute Gasteiger partial charge is 0.309 e. The highest BCUT2D eigenvalue weighted by molar-refractivity contribution is 6.10. The van der Waals surface area contributed by atoms with E-state index in [0.717, 1.165) is 17.1 Å². The molecule has 0 heterocycles. The molecule has 368 valence electrons. The molecular formula is C75H63N. The number of nitrogens with zero attached hydrogens (tertiary/aromatic N) is 1. The quantitative estimate of drug-likeness (QED) is 0.147. The fraction of sp³-hybridized carbons (Fsp3) is 0.147. The Morgan fingerprint density at radius 3 is 1.43 bits per heavy atom. The highest BCUT2D eigenvalue weighted by atomic mass is 15.1. The third-order valence-corrected chi connectivity index (χ3v) is 16.9. The summed E-state index contributed by atoms with van der Waals surface area (Å²) >= 11 is 0. The van der Waals surface area contributed by atoms with Crippen LogP contribution in [0.15, 0.2) is 255 Å². The van der Waals surface area contributed by atoms with E-state index in [1.807, 2.05) is 0 Å². The van der Waals surface area contributed by atoms with Crippen LogP contribution in [-0.2, 0) is 21.7 Å². The maximum absolute atomic E-state index is 2.60. The van der Waals surface area contributed by atoms with Gasteiger partial charge in [0.2, 0.25) is 0 Å². The van der Waals surface area contributed by atoms with E-state index >= 15 is 0 Å². The van der Waals surface area contributed by atoms with Crippen LogP contribution in [0.2, 0.25) is 0 Å². The Balaban J connectivity index is 1.12. The van der Waals surface area contributed by atoms with Gasteiger partial charge >= 0.3 is 0 Å². The summed E-state index contributed by atoms with van der Waals surface area (Å²) in [5.41, 5.74) is 23.9. The normalized spacial score (nSPS) is 15.2. The van der Waals surface area contributed by atoms with Crippen LogP contribution < -0.4 is 4.90 Å². The minimum atomic E-state index is -0.570. The van der Waals surface area contributed by atoms with Crippen molar-refractivity contribution in [3.8, 4) is 44.5 Å². The van der Waals surface area contributed by atoms with Gasteiger partial charge in [0.05, 0.1) is 16.8 Å². The first-order chi connectivity index (χ1) is 36.9. The second-order valence-corrected chi connectivity index (χ2v) is 23.4. The van der Waals surface area contributed by atoms with E-state index in [1.165, 1.54) is 105 Å². The lowest BCUT2D eigenvalue weighted by atomic mass is 9.68. The van der Waals surface area contributed by atoms with Crippen molar-refractivity contribution in [3.63, 3.8) is 0 Å². The second kappa shape index (κ2) is 17.8. The molecule has 0 aliphatic heterocycles. The Morgan fingerprint density at radius 1 is 0.329 bits per heavy atom. The molecule has 1 heteroatoms. The Labute approximate surface area is 449 Å². The van der Waals surface area contributed by atoms with Crippen LogP contribution in [0.5, 0.6) is 0 Å². The molecule has 76 heavy (non-hydrogen) atoms. The predicted octanol–water partition coefficient (Wildman–Crippen LogP) is 19.9. The van der Waals surface area contributed by atoms with Gasteiger partial charge in [-0.25, -0.2) is 0 Å². The maximum Gasteiger partial charge on any atom is 0.0714 e. The van der Waals surface area contributed by atoms with Gasteiger partial charge in [0.25, 0.3) is 0 Å². The van der Waals surface area contributed by atoms with Crippen molar-refractivity contribution in [1.82, 2.24) is 0 Å². The van der Waals surface area contributed by atoms with E-state index in [0.29, 0.717) is 0 Å². The number of rotatable bonds is 8. The van der Waals surface area contributed by atoms with Crippen LogP contribution in [0.25, 0.3) is 55.3 Å². The van der Waals surface area contributed by atoms with Gasteiger partial charge in [-0.15, -0.1) is 0 Å². The summed E-state index contributed by atoms with van der Waals surface area (Å²) in [6.45, 7) is 16.4. The first-order valence-electron chi connectivity index (χ1n) is 27.1. The number of hydrogen-bond acceptors (Lipinski definition) is 1. The molecule has 1 atom stereocenters. The average Bonchev–Trinajstić information content (AvgIpc) is 4.06. The minimum Gasteiger partial charge on any atom is -0.309 e. The summed E-state index contributed by atoms with van der Waals surface area (Å²) in [6, 6.07) is 96.3. The highest BCUT2D eigenvalue weighted by Gasteiger charge is 2.48. The molecule has 0 spiro atoms. The number of anilines is 3. The molecule has 11 aromatic rings. The average molecular weight is 978 g/mol. The Morgan fingerprint density at radius 2 is 0.803 bits per heavy atom. The van der Waals surface area contributed by atoms with Gasteiger partial charge in [0, 0.05) is 22.2 Å². The van der Waals surface area contributed by atoms with E-state index in [2.05, 4.69) is 308 Å². The molecule has 13 rings (SSSR count). The fourth-order valence-electron chi connectivity index (χ4n) is 13.1. The van der Waals surface area contributed by atoms with Gasteiger partial charge in [-0.2, -0.15) is 0 Å². The Hall–Kier alpha value is -8.52. The first kappa shape index (κ1) is 47.2. The molecule has 0 aromatic heterocycles. The Bertz CT molecular complexity index is 3940. The van der Waals surface area contributed by atoms with Crippen LogP contribution in [0.1, 0.15) is 98.5 Å². The summed E-state index contributed by atoms with van der Waals surface area (Å²) in [4.78, 5) is 2.60. The molecule has 0 saturated heterocycles. The molecule has 0 bridgehead atoms. The van der Waals surface area contributed by atoms with Crippen molar-refractivity contribution in [3.05, 3.63) is 305 Å². The second-order valence-electron chi connectivity index (χ2n) is 23.4. The van der Waals surface area contributed by atoms with Crippen LogP contribution >= 0.6 is 0 Å². The topological polar surface area (TPSA) is 3.24 Å². The van der Waals surface area contributed by atoms with Crippen molar-refractivity contribution in [2.45, 2.75) is 70.1 Å². The van der Waals surface area contributed by atoms with Crippen molar-refractivity contribution < 1.29 is 0 Å². The summed E-state index contributed by atoms with van der Waals surface area (Å²) in [6.07, 6.45) is 0. The van der Waals surface area contributed by atoms with Gasteiger partial charge in [0.15, 0.2) is 0 Å². The van der Waals surface area contributed by atoms with E-state index in [9.17, 15) is 0 Å². The van der Waals surface area contributed by atoms with Gasteiger partial charge in [-0.1, -0.05) is 272 Å². The molecule has 0 saturated carbocycles.